The highest BCUT2D eigenvalue weighted by atomic mass is 15.3. The summed E-state index contributed by atoms with van der Waals surface area (Å²) in [7, 11) is 0. The van der Waals surface area contributed by atoms with Gasteiger partial charge in [-0.25, -0.2) is 0 Å². The van der Waals surface area contributed by atoms with Gasteiger partial charge < -0.3 is 5.32 Å². The van der Waals surface area contributed by atoms with Gasteiger partial charge in [-0.2, -0.15) is 0 Å². The van der Waals surface area contributed by atoms with Gasteiger partial charge in [0.2, 0.25) is 0 Å². The van der Waals surface area contributed by atoms with Gasteiger partial charge in [-0.15, -0.1) is 0 Å². The highest BCUT2D eigenvalue weighted by Crippen LogP contribution is 2.40. The van der Waals surface area contributed by atoms with Crippen molar-refractivity contribution in [1.29, 1.82) is 0 Å². The molecule has 1 N–H and O–H groups in total. The van der Waals surface area contributed by atoms with Gasteiger partial charge in [-0.1, -0.05) is 26.7 Å². The first kappa shape index (κ1) is 12.9. The maximum Gasteiger partial charge on any atom is 0.0309 e. The molecule has 3 rings (SSSR count). The molecule has 2 nitrogen and oxygen atoms in total. The van der Waals surface area contributed by atoms with E-state index in [0.717, 1.165) is 23.9 Å². The van der Waals surface area contributed by atoms with E-state index >= 15 is 0 Å². The predicted octanol–water partition coefficient (Wildman–Crippen LogP) is 3.03. The summed E-state index contributed by atoms with van der Waals surface area (Å²) in [5.41, 5.74) is 0.484. The predicted molar refractivity (Wildman–Crippen MR) is 76.7 cm³/mol. The normalized spacial score (nSPS) is 44.8. The van der Waals surface area contributed by atoms with E-state index in [0.29, 0.717) is 5.54 Å². The first-order valence-electron chi connectivity index (χ1n) is 8.12. The molecule has 1 spiro atoms. The zero-order valence-corrected chi connectivity index (χ0v) is 12.4. The van der Waals surface area contributed by atoms with E-state index < -0.39 is 0 Å². The minimum atomic E-state index is 0.484. The van der Waals surface area contributed by atoms with Crippen molar-refractivity contribution in [1.82, 2.24) is 10.2 Å². The lowest BCUT2D eigenvalue weighted by molar-refractivity contribution is 0.0349. The Bertz CT molecular complexity index is 295. The van der Waals surface area contributed by atoms with E-state index in [-0.39, 0.29) is 0 Å². The van der Waals surface area contributed by atoms with Crippen molar-refractivity contribution < 1.29 is 0 Å². The summed E-state index contributed by atoms with van der Waals surface area (Å²) in [5, 5.41) is 3.88. The van der Waals surface area contributed by atoms with Gasteiger partial charge in [0.05, 0.1) is 0 Å². The summed E-state index contributed by atoms with van der Waals surface area (Å²) in [6, 6.07) is 1.59. The molecule has 0 aromatic heterocycles. The lowest BCUT2D eigenvalue weighted by atomic mass is 9.89. The third-order valence-electron chi connectivity index (χ3n) is 6.23. The summed E-state index contributed by atoms with van der Waals surface area (Å²) in [6.45, 7) is 9.87. The van der Waals surface area contributed by atoms with Crippen molar-refractivity contribution in [2.75, 3.05) is 13.1 Å². The van der Waals surface area contributed by atoms with Crippen LogP contribution < -0.4 is 5.32 Å². The molecule has 0 aromatic carbocycles. The van der Waals surface area contributed by atoms with Gasteiger partial charge in [-0.05, 0) is 44.4 Å². The molecule has 0 radical (unpaired) electrons. The molecule has 0 amide bonds. The van der Waals surface area contributed by atoms with Crippen LogP contribution in [0.4, 0.5) is 0 Å². The van der Waals surface area contributed by atoms with Crippen LogP contribution in [-0.2, 0) is 0 Å². The molecule has 1 aliphatic heterocycles. The maximum atomic E-state index is 3.88. The highest BCUT2D eigenvalue weighted by molar-refractivity contribution is 5.03. The molecule has 3 aliphatic rings. The Hall–Kier alpha value is -0.0800. The topological polar surface area (TPSA) is 15.3 Å². The molecule has 1 saturated heterocycles. The summed E-state index contributed by atoms with van der Waals surface area (Å²) in [4.78, 5) is 2.87. The van der Waals surface area contributed by atoms with E-state index in [4.69, 9.17) is 0 Å². The summed E-state index contributed by atoms with van der Waals surface area (Å²) in [6.07, 6.45) is 8.57. The Labute approximate surface area is 113 Å². The van der Waals surface area contributed by atoms with Crippen LogP contribution in [0, 0.1) is 11.8 Å². The summed E-state index contributed by atoms with van der Waals surface area (Å²) >= 11 is 0. The highest BCUT2D eigenvalue weighted by Gasteiger charge is 2.44. The molecule has 2 heteroatoms. The quantitative estimate of drug-likeness (QED) is 0.769. The summed E-state index contributed by atoms with van der Waals surface area (Å²) in [5.74, 6) is 1.82. The van der Waals surface area contributed by atoms with E-state index in [1.165, 1.54) is 51.6 Å². The second kappa shape index (κ2) is 4.79. The van der Waals surface area contributed by atoms with Crippen LogP contribution in [0.25, 0.3) is 0 Å². The molecular weight excluding hydrogens is 220 g/mol. The van der Waals surface area contributed by atoms with E-state index in [2.05, 4.69) is 31.0 Å². The zero-order chi connectivity index (χ0) is 12.8. The average Bonchev–Trinajstić information content (AvgIpc) is 2.93. The molecule has 18 heavy (non-hydrogen) atoms. The number of rotatable bonds is 1. The number of nitrogens with zero attached hydrogens (tertiary/aromatic N) is 1. The van der Waals surface area contributed by atoms with Crippen LogP contribution >= 0.6 is 0 Å². The largest absolute Gasteiger partial charge is 0.308 e. The maximum absolute atomic E-state index is 3.88. The molecule has 2 saturated carbocycles. The van der Waals surface area contributed by atoms with Gasteiger partial charge in [-0.3, -0.25) is 4.90 Å². The lowest BCUT2D eigenvalue weighted by Gasteiger charge is -2.49. The fraction of sp³-hybridized carbons (Fsp3) is 1.00. The van der Waals surface area contributed by atoms with Gasteiger partial charge in [0.1, 0.15) is 0 Å². The van der Waals surface area contributed by atoms with Crippen LogP contribution in [-0.4, -0.2) is 35.6 Å². The Kier molecular flexibility index (Phi) is 3.44. The fourth-order valence-electron chi connectivity index (χ4n) is 4.68. The number of hydrogen-bond donors (Lipinski definition) is 1. The smallest absolute Gasteiger partial charge is 0.0309 e. The van der Waals surface area contributed by atoms with Gasteiger partial charge >= 0.3 is 0 Å². The Morgan fingerprint density at radius 1 is 1.06 bits per heavy atom. The average molecular weight is 250 g/mol. The van der Waals surface area contributed by atoms with Crippen LogP contribution in [0.3, 0.4) is 0 Å². The Morgan fingerprint density at radius 2 is 1.78 bits per heavy atom. The molecule has 0 aromatic rings. The van der Waals surface area contributed by atoms with Crippen LogP contribution in [0.5, 0.6) is 0 Å². The SMILES string of the molecule is CC1CCC(N2CC3(CCCC3)NCC2C)C1C. The lowest BCUT2D eigenvalue weighted by Crippen LogP contribution is -2.64. The molecular formula is C16H30N2. The van der Waals surface area contributed by atoms with E-state index in [1.807, 2.05) is 0 Å². The molecule has 3 fully saturated rings. The summed E-state index contributed by atoms with van der Waals surface area (Å²) < 4.78 is 0. The second-order valence-corrected chi connectivity index (χ2v) is 7.37. The van der Waals surface area contributed by atoms with Crippen molar-refractivity contribution in [2.45, 2.75) is 76.9 Å². The standard InChI is InChI=1S/C16H30N2/c1-12-6-7-15(14(12)3)18-11-16(8-4-5-9-16)17-10-13(18)2/h12-15,17H,4-11H2,1-3H3. The van der Waals surface area contributed by atoms with Crippen LogP contribution in [0.15, 0.2) is 0 Å². The monoisotopic (exact) mass is 250 g/mol. The van der Waals surface area contributed by atoms with Crippen LogP contribution in [0.2, 0.25) is 0 Å². The first-order chi connectivity index (χ1) is 8.61. The molecule has 104 valence electrons. The number of piperazine rings is 1. The molecule has 2 aliphatic carbocycles. The molecule has 4 atom stereocenters. The number of nitrogens with one attached hydrogen (secondary N) is 1. The van der Waals surface area contributed by atoms with Crippen molar-refractivity contribution in [3.05, 3.63) is 0 Å². The van der Waals surface area contributed by atoms with Crippen molar-refractivity contribution in [2.24, 2.45) is 11.8 Å². The minimum Gasteiger partial charge on any atom is -0.308 e. The van der Waals surface area contributed by atoms with Gasteiger partial charge in [0.15, 0.2) is 0 Å². The van der Waals surface area contributed by atoms with Crippen molar-refractivity contribution >= 4 is 0 Å². The Balaban J connectivity index is 1.73. The zero-order valence-electron chi connectivity index (χ0n) is 12.4. The third-order valence-corrected chi connectivity index (χ3v) is 6.23. The van der Waals surface area contributed by atoms with E-state index in [9.17, 15) is 0 Å². The van der Waals surface area contributed by atoms with Crippen molar-refractivity contribution in [3.63, 3.8) is 0 Å². The van der Waals surface area contributed by atoms with Crippen molar-refractivity contribution in [3.8, 4) is 0 Å². The molecule has 1 heterocycles. The molecule has 0 bridgehead atoms. The van der Waals surface area contributed by atoms with Gasteiger partial charge in [0, 0.05) is 30.7 Å². The number of hydrogen-bond acceptors (Lipinski definition) is 2. The molecule has 4 unspecified atom stereocenters. The van der Waals surface area contributed by atoms with E-state index in [1.54, 1.807) is 0 Å². The van der Waals surface area contributed by atoms with Gasteiger partial charge in [0.25, 0.3) is 0 Å². The minimum absolute atomic E-state index is 0.484. The third kappa shape index (κ3) is 2.12. The second-order valence-electron chi connectivity index (χ2n) is 7.37. The Morgan fingerprint density at radius 3 is 2.39 bits per heavy atom. The fourth-order valence-corrected chi connectivity index (χ4v) is 4.68. The van der Waals surface area contributed by atoms with Crippen LogP contribution in [0.1, 0.15) is 59.3 Å². The first-order valence-corrected chi connectivity index (χ1v) is 8.12.